The second-order valence-electron chi connectivity index (χ2n) is 7.19. The molecule has 0 aliphatic carbocycles. The van der Waals surface area contributed by atoms with Gasteiger partial charge < -0.3 is 18.9 Å². The first kappa shape index (κ1) is 24.3. The molecular formula is C28H26O6. The first-order valence-corrected chi connectivity index (χ1v) is 10.5. The molecule has 0 aliphatic rings. The van der Waals surface area contributed by atoms with Gasteiger partial charge in [-0.25, -0.2) is 0 Å². The average molecular weight is 459 g/mol. The van der Waals surface area contributed by atoms with Crippen LogP contribution in [0.5, 0.6) is 23.0 Å². The molecule has 174 valence electrons. The first-order valence-electron chi connectivity index (χ1n) is 10.5. The fourth-order valence-electron chi connectivity index (χ4n) is 3.23. The molecule has 0 bridgehead atoms. The minimum atomic E-state index is -0.185. The Labute approximate surface area is 199 Å². The van der Waals surface area contributed by atoms with E-state index in [1.54, 1.807) is 89.1 Å². The van der Waals surface area contributed by atoms with E-state index < -0.39 is 0 Å². The Kier molecular flexibility index (Phi) is 8.24. The van der Waals surface area contributed by atoms with Gasteiger partial charge in [0.25, 0.3) is 0 Å². The van der Waals surface area contributed by atoms with Crippen LogP contribution in [-0.2, 0) is 0 Å². The lowest BCUT2D eigenvalue weighted by molar-refractivity contribution is 0.103. The predicted octanol–water partition coefficient (Wildman–Crippen LogP) is 5.51. The number of hydrogen-bond donors (Lipinski definition) is 0. The highest BCUT2D eigenvalue weighted by Crippen LogP contribution is 2.27. The van der Waals surface area contributed by atoms with Crippen LogP contribution in [0.3, 0.4) is 0 Å². The van der Waals surface area contributed by atoms with Gasteiger partial charge in [-0.3, -0.25) is 9.59 Å². The lowest BCUT2D eigenvalue weighted by Gasteiger charge is -2.07. The summed E-state index contributed by atoms with van der Waals surface area (Å²) in [7, 11) is 6.27. The summed E-state index contributed by atoms with van der Waals surface area (Å²) in [5.41, 5.74) is 2.45. The minimum absolute atomic E-state index is 0.185. The van der Waals surface area contributed by atoms with Gasteiger partial charge in [-0.1, -0.05) is 24.3 Å². The second-order valence-corrected chi connectivity index (χ2v) is 7.19. The Hall–Kier alpha value is -4.32. The van der Waals surface area contributed by atoms with E-state index in [2.05, 4.69) is 0 Å². The number of hydrogen-bond acceptors (Lipinski definition) is 6. The van der Waals surface area contributed by atoms with Gasteiger partial charge in [0.15, 0.2) is 11.6 Å². The summed E-state index contributed by atoms with van der Waals surface area (Å²) in [6.07, 6.45) is 6.31. The first-order chi connectivity index (χ1) is 16.5. The van der Waals surface area contributed by atoms with Gasteiger partial charge >= 0.3 is 0 Å². The SMILES string of the molecule is COc1ccc(/C=C\C(=O)c2ccc(C(=O)/C=C\c3ccc(OC)cc3OC)cc2)c(OC)c1. The van der Waals surface area contributed by atoms with Crippen LogP contribution in [0.1, 0.15) is 31.8 Å². The summed E-state index contributed by atoms with van der Waals surface area (Å²) >= 11 is 0. The van der Waals surface area contributed by atoms with Crippen molar-refractivity contribution in [1.29, 1.82) is 0 Å². The van der Waals surface area contributed by atoms with Crippen LogP contribution in [0.15, 0.2) is 72.8 Å². The highest BCUT2D eigenvalue weighted by Gasteiger charge is 2.08. The van der Waals surface area contributed by atoms with Gasteiger partial charge in [0.2, 0.25) is 0 Å². The Balaban J connectivity index is 1.70. The van der Waals surface area contributed by atoms with Crippen molar-refractivity contribution in [3.05, 3.63) is 95.1 Å². The van der Waals surface area contributed by atoms with Crippen LogP contribution in [0.2, 0.25) is 0 Å². The molecule has 3 aromatic rings. The number of ketones is 2. The Morgan fingerprint density at radius 3 is 1.26 bits per heavy atom. The van der Waals surface area contributed by atoms with Crippen molar-refractivity contribution in [1.82, 2.24) is 0 Å². The third kappa shape index (κ3) is 5.92. The standard InChI is InChI=1S/C28H26O6/c1-31-23-13-9-21(27(17-23)33-3)11-15-25(29)19-5-7-20(8-6-19)26(30)16-12-22-10-14-24(32-2)18-28(22)34-4/h5-18H,1-4H3/b15-11-,16-12-. The Morgan fingerprint density at radius 2 is 0.941 bits per heavy atom. The van der Waals surface area contributed by atoms with E-state index >= 15 is 0 Å². The number of benzene rings is 3. The van der Waals surface area contributed by atoms with Gasteiger partial charge in [0.1, 0.15) is 23.0 Å². The largest absolute Gasteiger partial charge is 0.497 e. The Morgan fingerprint density at radius 1 is 0.559 bits per heavy atom. The van der Waals surface area contributed by atoms with Crippen molar-refractivity contribution in [3.63, 3.8) is 0 Å². The molecule has 0 heterocycles. The van der Waals surface area contributed by atoms with Crippen molar-refractivity contribution < 1.29 is 28.5 Å². The molecule has 0 radical (unpaired) electrons. The van der Waals surface area contributed by atoms with Gasteiger partial charge in [-0.05, 0) is 48.6 Å². The summed E-state index contributed by atoms with van der Waals surface area (Å²) in [6.45, 7) is 0. The van der Waals surface area contributed by atoms with E-state index in [0.717, 1.165) is 11.1 Å². The van der Waals surface area contributed by atoms with Gasteiger partial charge in [-0.2, -0.15) is 0 Å². The van der Waals surface area contributed by atoms with Crippen LogP contribution in [0, 0.1) is 0 Å². The average Bonchev–Trinajstić information content (AvgIpc) is 2.90. The molecule has 0 aromatic heterocycles. The predicted molar refractivity (Wildman–Crippen MR) is 132 cm³/mol. The number of methoxy groups -OCH3 is 4. The molecule has 3 rings (SSSR count). The molecule has 0 amide bonds. The fourth-order valence-corrected chi connectivity index (χ4v) is 3.23. The zero-order chi connectivity index (χ0) is 24.5. The summed E-state index contributed by atoms with van der Waals surface area (Å²) in [6, 6.07) is 17.2. The molecule has 0 saturated heterocycles. The highest BCUT2D eigenvalue weighted by atomic mass is 16.5. The molecule has 0 N–H and O–H groups in total. The molecule has 0 unspecified atom stereocenters. The number of allylic oxidation sites excluding steroid dienone is 2. The maximum absolute atomic E-state index is 12.6. The number of ether oxygens (including phenoxy) is 4. The topological polar surface area (TPSA) is 71.1 Å². The maximum Gasteiger partial charge on any atom is 0.185 e. The minimum Gasteiger partial charge on any atom is -0.497 e. The molecule has 0 fully saturated rings. The number of carbonyl (C=O) groups excluding carboxylic acids is 2. The highest BCUT2D eigenvalue weighted by molar-refractivity contribution is 6.09. The molecule has 3 aromatic carbocycles. The second kappa shape index (κ2) is 11.5. The molecule has 0 aliphatic heterocycles. The third-order valence-electron chi connectivity index (χ3n) is 5.16. The van der Waals surface area contributed by atoms with E-state index in [-0.39, 0.29) is 11.6 Å². The van der Waals surface area contributed by atoms with E-state index in [0.29, 0.717) is 34.1 Å². The third-order valence-corrected chi connectivity index (χ3v) is 5.16. The molecule has 0 atom stereocenters. The zero-order valence-electron chi connectivity index (χ0n) is 19.5. The fraction of sp³-hybridized carbons (Fsp3) is 0.143. The van der Waals surface area contributed by atoms with Crippen molar-refractivity contribution in [2.75, 3.05) is 28.4 Å². The lowest BCUT2D eigenvalue weighted by atomic mass is 10.0. The molecule has 0 saturated carbocycles. The summed E-state index contributed by atoms with van der Waals surface area (Å²) in [5, 5.41) is 0. The number of carbonyl (C=O) groups is 2. The lowest BCUT2D eigenvalue weighted by Crippen LogP contribution is -1.98. The zero-order valence-corrected chi connectivity index (χ0v) is 19.5. The van der Waals surface area contributed by atoms with Crippen LogP contribution in [0.4, 0.5) is 0 Å². The summed E-state index contributed by atoms with van der Waals surface area (Å²) in [4.78, 5) is 25.2. The van der Waals surface area contributed by atoms with Gasteiger partial charge in [-0.15, -0.1) is 0 Å². The van der Waals surface area contributed by atoms with Crippen LogP contribution in [0.25, 0.3) is 12.2 Å². The van der Waals surface area contributed by atoms with E-state index in [4.69, 9.17) is 18.9 Å². The number of rotatable bonds is 10. The quantitative estimate of drug-likeness (QED) is 0.295. The molecule has 34 heavy (non-hydrogen) atoms. The summed E-state index contributed by atoms with van der Waals surface area (Å²) in [5.74, 6) is 2.17. The van der Waals surface area contributed by atoms with E-state index in [9.17, 15) is 9.59 Å². The molecule has 6 nitrogen and oxygen atoms in total. The maximum atomic E-state index is 12.6. The summed E-state index contributed by atoms with van der Waals surface area (Å²) < 4.78 is 21.1. The van der Waals surface area contributed by atoms with Crippen molar-refractivity contribution in [2.24, 2.45) is 0 Å². The van der Waals surface area contributed by atoms with Crippen molar-refractivity contribution >= 4 is 23.7 Å². The van der Waals surface area contributed by atoms with Gasteiger partial charge in [0, 0.05) is 34.4 Å². The monoisotopic (exact) mass is 458 g/mol. The van der Waals surface area contributed by atoms with Crippen molar-refractivity contribution in [2.45, 2.75) is 0 Å². The van der Waals surface area contributed by atoms with Gasteiger partial charge in [0.05, 0.1) is 28.4 Å². The van der Waals surface area contributed by atoms with Crippen LogP contribution < -0.4 is 18.9 Å². The van der Waals surface area contributed by atoms with Crippen LogP contribution in [-0.4, -0.2) is 40.0 Å². The molecule has 0 spiro atoms. The van der Waals surface area contributed by atoms with Crippen molar-refractivity contribution in [3.8, 4) is 23.0 Å². The molecular weight excluding hydrogens is 432 g/mol. The van der Waals surface area contributed by atoms with E-state index in [1.165, 1.54) is 12.2 Å². The van der Waals surface area contributed by atoms with E-state index in [1.807, 2.05) is 12.1 Å². The Bertz CT molecular complexity index is 1130. The smallest absolute Gasteiger partial charge is 0.185 e. The molecule has 6 heteroatoms. The normalized spacial score (nSPS) is 10.9. The van der Waals surface area contributed by atoms with Crippen LogP contribution >= 0.6 is 0 Å².